The molecule has 0 atom stereocenters. The Kier molecular flexibility index (Phi) is 6.51. The van der Waals surface area contributed by atoms with Crippen molar-refractivity contribution in [1.29, 1.82) is 0 Å². The highest BCUT2D eigenvalue weighted by atomic mass is 32.1. The average molecular weight is 504 g/mol. The first-order valence-electron chi connectivity index (χ1n) is 9.77. The number of carbonyl (C=O) groups excluding carboxylic acids is 2. The van der Waals surface area contributed by atoms with Gasteiger partial charge in [-0.25, -0.2) is 9.97 Å². The van der Waals surface area contributed by atoms with Crippen molar-refractivity contribution in [3.05, 3.63) is 60.2 Å². The lowest BCUT2D eigenvalue weighted by atomic mass is 10.2. The first-order valence-corrected chi connectivity index (χ1v) is 10.6. The van der Waals surface area contributed by atoms with E-state index in [0.717, 1.165) is 17.4 Å². The average Bonchev–Trinajstić information content (AvgIpc) is 3.20. The number of nitrogens with zero attached hydrogens (tertiary/aromatic N) is 3. The van der Waals surface area contributed by atoms with E-state index in [2.05, 4.69) is 20.3 Å². The number of alkyl halides is 3. The van der Waals surface area contributed by atoms with Crippen LogP contribution in [-0.2, 0) is 11.0 Å². The van der Waals surface area contributed by atoms with E-state index in [9.17, 15) is 22.8 Å². The van der Waals surface area contributed by atoms with Crippen molar-refractivity contribution < 1.29 is 37.0 Å². The normalized spacial score (nSPS) is 11.2. The molecule has 0 bridgehead atoms. The highest BCUT2D eigenvalue weighted by molar-refractivity contribution is 7.22. The molecule has 0 radical (unpaired) electrons. The molecule has 0 aliphatic rings. The van der Waals surface area contributed by atoms with E-state index < -0.39 is 23.6 Å². The van der Waals surface area contributed by atoms with E-state index in [1.165, 1.54) is 38.6 Å². The minimum Gasteiger partial charge on any atom is -0.493 e. The molecule has 0 saturated carbocycles. The Hall–Kier alpha value is -4.26. The fourth-order valence-electron chi connectivity index (χ4n) is 2.94. The number of benzene rings is 1. The zero-order valence-corrected chi connectivity index (χ0v) is 18.9. The van der Waals surface area contributed by atoms with E-state index in [1.54, 1.807) is 12.1 Å². The number of amides is 1. The number of methoxy groups -OCH3 is 1. The minimum atomic E-state index is -4.55. The Morgan fingerprint density at radius 1 is 1.09 bits per heavy atom. The molecule has 0 spiro atoms. The smallest absolute Gasteiger partial charge is 0.418 e. The predicted molar refractivity (Wildman–Crippen MR) is 119 cm³/mol. The molecule has 9 nitrogen and oxygen atoms in total. The van der Waals surface area contributed by atoms with Gasteiger partial charge in [0.05, 0.1) is 29.1 Å². The van der Waals surface area contributed by atoms with Gasteiger partial charge in [-0.05, 0) is 18.2 Å². The van der Waals surface area contributed by atoms with E-state index >= 15 is 0 Å². The van der Waals surface area contributed by atoms with Crippen LogP contribution in [0.5, 0.6) is 23.0 Å². The molecule has 1 amide bonds. The monoisotopic (exact) mass is 504 g/mol. The molecule has 13 heteroatoms. The van der Waals surface area contributed by atoms with Gasteiger partial charge in [0.1, 0.15) is 11.5 Å². The Labute approximate surface area is 199 Å². The second-order valence-electron chi connectivity index (χ2n) is 6.90. The lowest BCUT2D eigenvalue weighted by Gasteiger charge is -2.11. The number of esters is 1. The lowest BCUT2D eigenvalue weighted by molar-refractivity contribution is -0.138. The van der Waals surface area contributed by atoms with Gasteiger partial charge in [0, 0.05) is 31.5 Å². The van der Waals surface area contributed by atoms with Crippen molar-refractivity contribution >= 4 is 38.6 Å². The number of halogens is 3. The number of pyridine rings is 2. The third-order valence-corrected chi connectivity index (χ3v) is 5.34. The van der Waals surface area contributed by atoms with E-state index in [1.807, 2.05) is 0 Å². The number of anilines is 1. The van der Waals surface area contributed by atoms with Crippen molar-refractivity contribution in [2.75, 3.05) is 12.4 Å². The lowest BCUT2D eigenvalue weighted by Crippen LogP contribution is -2.17. The molecule has 0 unspecified atom stereocenters. The maximum absolute atomic E-state index is 12.9. The molecule has 180 valence electrons. The molecule has 4 rings (SSSR count). The third-order valence-electron chi connectivity index (χ3n) is 4.41. The van der Waals surface area contributed by atoms with Crippen LogP contribution in [0.2, 0.25) is 0 Å². The summed E-state index contributed by atoms with van der Waals surface area (Å²) in [5.41, 5.74) is -0.600. The van der Waals surface area contributed by atoms with Gasteiger partial charge in [-0.3, -0.25) is 19.9 Å². The van der Waals surface area contributed by atoms with Crippen LogP contribution < -0.4 is 19.5 Å². The Balaban J connectivity index is 1.56. The van der Waals surface area contributed by atoms with Crippen LogP contribution in [0.25, 0.3) is 10.2 Å². The van der Waals surface area contributed by atoms with Crippen molar-refractivity contribution in [3.63, 3.8) is 0 Å². The number of nitrogens with one attached hydrogen (secondary N) is 1. The number of thiazole rings is 1. The zero-order chi connectivity index (χ0) is 25.2. The van der Waals surface area contributed by atoms with Gasteiger partial charge < -0.3 is 14.2 Å². The van der Waals surface area contributed by atoms with Crippen molar-refractivity contribution in [1.82, 2.24) is 15.0 Å². The molecule has 4 aromatic rings. The summed E-state index contributed by atoms with van der Waals surface area (Å²) in [5.74, 6) is -1.16. The Morgan fingerprint density at radius 3 is 2.60 bits per heavy atom. The highest BCUT2D eigenvalue weighted by Gasteiger charge is 2.31. The van der Waals surface area contributed by atoms with Gasteiger partial charge in [-0.2, -0.15) is 13.2 Å². The number of hydrogen-bond acceptors (Lipinski definition) is 9. The summed E-state index contributed by atoms with van der Waals surface area (Å²) in [6.45, 7) is 1.18. The van der Waals surface area contributed by atoms with Crippen molar-refractivity contribution in [2.24, 2.45) is 0 Å². The van der Waals surface area contributed by atoms with Gasteiger partial charge in [0.25, 0.3) is 5.91 Å². The van der Waals surface area contributed by atoms with Crippen LogP contribution in [0.1, 0.15) is 23.0 Å². The topological polar surface area (TPSA) is 113 Å². The molecule has 0 saturated heterocycles. The Morgan fingerprint density at radius 2 is 1.89 bits per heavy atom. The van der Waals surface area contributed by atoms with E-state index in [4.69, 9.17) is 14.2 Å². The van der Waals surface area contributed by atoms with Crippen LogP contribution in [0, 0.1) is 0 Å². The predicted octanol–water partition coefficient (Wildman–Crippen LogP) is 5.08. The first kappa shape index (κ1) is 23.9. The number of ether oxygens (including phenoxy) is 3. The summed E-state index contributed by atoms with van der Waals surface area (Å²) in [7, 11) is 1.35. The van der Waals surface area contributed by atoms with Gasteiger partial charge >= 0.3 is 12.1 Å². The number of hydrogen-bond donors (Lipinski definition) is 1. The number of fused-ring (bicyclic) bond motifs is 1. The third kappa shape index (κ3) is 5.46. The van der Waals surface area contributed by atoms with Gasteiger partial charge in [-0.1, -0.05) is 11.3 Å². The number of aromatic nitrogens is 3. The summed E-state index contributed by atoms with van der Waals surface area (Å²) in [4.78, 5) is 36.1. The summed E-state index contributed by atoms with van der Waals surface area (Å²) >= 11 is 1.10. The minimum absolute atomic E-state index is 0.0840. The Bertz CT molecular complexity index is 1420. The summed E-state index contributed by atoms with van der Waals surface area (Å²) in [6, 6.07) is 6.96. The van der Waals surface area contributed by atoms with Crippen LogP contribution in [0.4, 0.5) is 18.3 Å². The highest BCUT2D eigenvalue weighted by Crippen LogP contribution is 2.35. The molecule has 0 aliphatic carbocycles. The molecule has 3 aromatic heterocycles. The molecular weight excluding hydrogens is 489 g/mol. The quantitative estimate of drug-likeness (QED) is 0.362. The molecule has 1 aromatic carbocycles. The van der Waals surface area contributed by atoms with Crippen LogP contribution in [0.3, 0.4) is 0 Å². The number of rotatable bonds is 6. The molecule has 0 fully saturated rings. The van der Waals surface area contributed by atoms with E-state index in [-0.39, 0.29) is 33.8 Å². The fourth-order valence-corrected chi connectivity index (χ4v) is 3.83. The fraction of sp³-hybridized carbons (Fsp3) is 0.136. The summed E-state index contributed by atoms with van der Waals surface area (Å²) < 4.78 is 55.0. The second-order valence-corrected chi connectivity index (χ2v) is 7.93. The maximum atomic E-state index is 12.9. The van der Waals surface area contributed by atoms with Gasteiger partial charge in [0.15, 0.2) is 16.6 Å². The first-order chi connectivity index (χ1) is 16.6. The maximum Gasteiger partial charge on any atom is 0.418 e. The summed E-state index contributed by atoms with van der Waals surface area (Å²) in [5, 5.41) is 2.80. The SMILES string of the molecule is COc1ccnc(C(=O)Nc2nc3ccc(Oc4cncc(C(F)(F)F)c4)cc3s2)c1OC(C)=O. The molecule has 35 heavy (non-hydrogen) atoms. The van der Waals surface area contributed by atoms with E-state index in [0.29, 0.717) is 16.4 Å². The van der Waals surface area contributed by atoms with Gasteiger partial charge in [0.2, 0.25) is 5.75 Å². The second kappa shape index (κ2) is 9.54. The van der Waals surface area contributed by atoms with Crippen molar-refractivity contribution in [2.45, 2.75) is 13.1 Å². The zero-order valence-electron chi connectivity index (χ0n) is 18.0. The van der Waals surface area contributed by atoms with Crippen LogP contribution in [-0.4, -0.2) is 33.9 Å². The standard InChI is InChI=1S/C22H15F3N4O5S/c1-11(30)33-19-16(32-2)5-6-27-18(19)20(31)29-21-28-15-4-3-13(8-17(15)35-21)34-14-7-12(9-26-10-14)22(23,24)25/h3-10H,1-2H3,(H,28,29,31). The molecule has 1 N–H and O–H groups in total. The molecule has 3 heterocycles. The largest absolute Gasteiger partial charge is 0.493 e. The van der Waals surface area contributed by atoms with Crippen LogP contribution in [0.15, 0.2) is 48.9 Å². The van der Waals surface area contributed by atoms with Crippen molar-refractivity contribution in [3.8, 4) is 23.0 Å². The number of carbonyl (C=O) groups is 2. The summed E-state index contributed by atoms with van der Waals surface area (Å²) in [6.07, 6.45) is -1.35. The molecular formula is C22H15F3N4O5S. The van der Waals surface area contributed by atoms with Gasteiger partial charge in [-0.15, -0.1) is 0 Å². The van der Waals surface area contributed by atoms with Crippen LogP contribution >= 0.6 is 11.3 Å². The molecule has 0 aliphatic heterocycles.